The number of hydrogen-bond donors (Lipinski definition) is 1. The molecule has 3 nitrogen and oxygen atoms in total. The summed E-state index contributed by atoms with van der Waals surface area (Å²) in [6.07, 6.45) is 3.59. The highest BCUT2D eigenvalue weighted by Gasteiger charge is 2.28. The maximum Gasteiger partial charge on any atom is 0.142 e. The quantitative estimate of drug-likeness (QED) is 0.881. The van der Waals surface area contributed by atoms with Crippen LogP contribution in [0.2, 0.25) is 0 Å². The minimum atomic E-state index is 0.534. The number of methoxy groups -OCH3 is 1. The van der Waals surface area contributed by atoms with Crippen LogP contribution in [0.4, 0.5) is 5.69 Å². The molecule has 0 bridgehead atoms. The van der Waals surface area contributed by atoms with E-state index >= 15 is 0 Å². The normalized spacial score (nSPS) is 22.9. The van der Waals surface area contributed by atoms with Crippen LogP contribution in [0, 0.1) is 0 Å². The van der Waals surface area contributed by atoms with Crippen LogP contribution < -0.4 is 15.0 Å². The van der Waals surface area contributed by atoms with E-state index in [1.807, 2.05) is 12.1 Å². The predicted molar refractivity (Wildman–Crippen MR) is 88.8 cm³/mol. The molecular weight excluding hydrogens is 316 g/mol. The van der Waals surface area contributed by atoms with Crippen LogP contribution in [0.5, 0.6) is 5.75 Å². The van der Waals surface area contributed by atoms with Crippen molar-refractivity contribution < 1.29 is 4.74 Å². The molecule has 0 aliphatic carbocycles. The van der Waals surface area contributed by atoms with Crippen LogP contribution in [-0.4, -0.2) is 32.3 Å². The molecule has 1 heterocycles. The van der Waals surface area contributed by atoms with Gasteiger partial charge in [-0.2, -0.15) is 0 Å². The Kier molecular flexibility index (Phi) is 5.73. The molecule has 1 aliphatic heterocycles. The van der Waals surface area contributed by atoms with E-state index in [1.54, 1.807) is 7.11 Å². The molecule has 0 spiro atoms. The van der Waals surface area contributed by atoms with Crippen molar-refractivity contribution in [1.29, 1.82) is 0 Å². The molecule has 112 valence electrons. The van der Waals surface area contributed by atoms with Gasteiger partial charge in [-0.1, -0.05) is 36.2 Å². The van der Waals surface area contributed by atoms with E-state index in [9.17, 15) is 0 Å². The Bertz CT molecular complexity index is 438. The van der Waals surface area contributed by atoms with Gasteiger partial charge in [0.2, 0.25) is 0 Å². The Morgan fingerprint density at radius 1 is 1.40 bits per heavy atom. The highest BCUT2D eigenvalue weighted by atomic mass is 79.9. The van der Waals surface area contributed by atoms with Crippen molar-refractivity contribution in [2.24, 2.45) is 0 Å². The second kappa shape index (κ2) is 7.32. The molecule has 2 atom stereocenters. The average Bonchev–Trinajstić information content (AvgIpc) is 2.47. The van der Waals surface area contributed by atoms with Crippen LogP contribution in [0.3, 0.4) is 0 Å². The largest absolute Gasteiger partial charge is 0.495 e. The highest BCUT2D eigenvalue weighted by Crippen LogP contribution is 2.34. The van der Waals surface area contributed by atoms with Gasteiger partial charge in [-0.25, -0.2) is 0 Å². The fraction of sp³-hybridized carbons (Fsp3) is 0.625. The van der Waals surface area contributed by atoms with E-state index in [-0.39, 0.29) is 0 Å². The first-order valence-corrected chi connectivity index (χ1v) is 8.32. The Labute approximate surface area is 130 Å². The van der Waals surface area contributed by atoms with Gasteiger partial charge in [0.25, 0.3) is 0 Å². The van der Waals surface area contributed by atoms with Gasteiger partial charge < -0.3 is 15.0 Å². The van der Waals surface area contributed by atoms with Gasteiger partial charge in [0, 0.05) is 29.6 Å². The van der Waals surface area contributed by atoms with Crippen molar-refractivity contribution in [3.63, 3.8) is 0 Å². The van der Waals surface area contributed by atoms with Gasteiger partial charge in [-0.15, -0.1) is 0 Å². The summed E-state index contributed by atoms with van der Waals surface area (Å²) >= 11 is 3.58. The third-order valence-corrected chi connectivity index (χ3v) is 4.55. The molecule has 0 aromatic heterocycles. The fourth-order valence-corrected chi connectivity index (χ4v) is 3.30. The number of rotatable bonds is 5. The van der Waals surface area contributed by atoms with E-state index in [1.165, 1.54) is 18.5 Å². The number of halogens is 1. The predicted octanol–water partition coefficient (Wildman–Crippen LogP) is 3.81. The molecule has 2 unspecified atom stereocenters. The molecule has 4 heteroatoms. The number of hydrogen-bond acceptors (Lipinski definition) is 3. The topological polar surface area (TPSA) is 24.5 Å². The number of nitrogens with zero attached hydrogens (tertiary/aromatic N) is 1. The molecule has 2 rings (SSSR count). The highest BCUT2D eigenvalue weighted by molar-refractivity contribution is 9.10. The monoisotopic (exact) mass is 340 g/mol. The van der Waals surface area contributed by atoms with Gasteiger partial charge >= 0.3 is 0 Å². The molecule has 1 aliphatic rings. The standard InChI is InChI=1S/C16H25BrN2O/c1-4-6-13-11-19(14(5-2)10-18-13)15-9-12(17)7-8-16(15)20-3/h7-9,13-14,18H,4-6,10-11H2,1-3H3. The molecule has 1 fully saturated rings. The molecule has 1 aromatic carbocycles. The first-order valence-electron chi connectivity index (χ1n) is 7.53. The van der Waals surface area contributed by atoms with Crippen LogP contribution in [0.15, 0.2) is 22.7 Å². The van der Waals surface area contributed by atoms with Gasteiger partial charge in [0.1, 0.15) is 5.75 Å². The van der Waals surface area contributed by atoms with Gasteiger partial charge in [0.05, 0.1) is 12.8 Å². The fourth-order valence-electron chi connectivity index (χ4n) is 2.95. The van der Waals surface area contributed by atoms with Crippen molar-refractivity contribution in [3.05, 3.63) is 22.7 Å². The Morgan fingerprint density at radius 3 is 2.85 bits per heavy atom. The molecular formula is C16H25BrN2O. The van der Waals surface area contributed by atoms with E-state index in [2.05, 4.69) is 46.1 Å². The minimum absolute atomic E-state index is 0.534. The Morgan fingerprint density at radius 2 is 2.20 bits per heavy atom. The lowest BCUT2D eigenvalue weighted by Gasteiger charge is -2.42. The first kappa shape index (κ1) is 15.6. The molecule has 1 N–H and O–H groups in total. The van der Waals surface area contributed by atoms with Crippen molar-refractivity contribution in [2.45, 2.75) is 45.2 Å². The summed E-state index contributed by atoms with van der Waals surface area (Å²) in [4.78, 5) is 2.51. The van der Waals surface area contributed by atoms with E-state index in [4.69, 9.17) is 4.74 Å². The zero-order valence-electron chi connectivity index (χ0n) is 12.7. The zero-order valence-corrected chi connectivity index (χ0v) is 14.2. The van der Waals surface area contributed by atoms with Gasteiger partial charge in [0.15, 0.2) is 0 Å². The third-order valence-electron chi connectivity index (χ3n) is 4.06. The zero-order chi connectivity index (χ0) is 14.5. The van der Waals surface area contributed by atoms with E-state index in [0.29, 0.717) is 12.1 Å². The minimum Gasteiger partial charge on any atom is -0.495 e. The molecule has 1 saturated heterocycles. The summed E-state index contributed by atoms with van der Waals surface area (Å²) in [5.74, 6) is 0.962. The number of benzene rings is 1. The lowest BCUT2D eigenvalue weighted by Crippen LogP contribution is -2.56. The number of piperazine rings is 1. The molecule has 1 aromatic rings. The molecule has 0 amide bonds. The lowest BCUT2D eigenvalue weighted by atomic mass is 10.0. The second-order valence-electron chi connectivity index (χ2n) is 5.42. The lowest BCUT2D eigenvalue weighted by molar-refractivity contribution is 0.361. The molecule has 20 heavy (non-hydrogen) atoms. The van der Waals surface area contributed by atoms with Crippen LogP contribution >= 0.6 is 15.9 Å². The van der Waals surface area contributed by atoms with Crippen molar-refractivity contribution in [1.82, 2.24) is 5.32 Å². The van der Waals surface area contributed by atoms with Crippen LogP contribution in [0.25, 0.3) is 0 Å². The third kappa shape index (κ3) is 3.47. The summed E-state index contributed by atoms with van der Waals surface area (Å²) in [6, 6.07) is 7.37. The maximum atomic E-state index is 5.56. The smallest absolute Gasteiger partial charge is 0.142 e. The van der Waals surface area contributed by atoms with Crippen molar-refractivity contribution >= 4 is 21.6 Å². The Hall–Kier alpha value is -0.740. The summed E-state index contributed by atoms with van der Waals surface area (Å²) < 4.78 is 6.66. The maximum absolute atomic E-state index is 5.56. The van der Waals surface area contributed by atoms with Gasteiger partial charge in [-0.05, 0) is 31.0 Å². The molecule has 0 radical (unpaired) electrons. The van der Waals surface area contributed by atoms with Gasteiger partial charge in [-0.3, -0.25) is 0 Å². The first-order chi connectivity index (χ1) is 9.69. The van der Waals surface area contributed by atoms with Crippen molar-refractivity contribution in [2.75, 3.05) is 25.1 Å². The second-order valence-corrected chi connectivity index (χ2v) is 6.34. The summed E-state index contributed by atoms with van der Waals surface area (Å²) in [5.41, 5.74) is 1.20. The summed E-state index contributed by atoms with van der Waals surface area (Å²) in [5, 5.41) is 3.68. The SMILES string of the molecule is CCCC1CN(c2cc(Br)ccc2OC)C(CC)CN1. The van der Waals surface area contributed by atoms with Crippen LogP contribution in [0.1, 0.15) is 33.1 Å². The van der Waals surface area contributed by atoms with E-state index in [0.717, 1.165) is 29.7 Å². The van der Waals surface area contributed by atoms with E-state index < -0.39 is 0 Å². The van der Waals surface area contributed by atoms with Crippen molar-refractivity contribution in [3.8, 4) is 5.75 Å². The summed E-state index contributed by atoms with van der Waals surface area (Å²) in [6.45, 7) is 6.61. The Balaban J connectivity index is 2.28. The number of anilines is 1. The van der Waals surface area contributed by atoms with Crippen LogP contribution in [-0.2, 0) is 0 Å². The molecule has 0 saturated carbocycles. The summed E-state index contributed by atoms with van der Waals surface area (Å²) in [7, 11) is 1.75. The number of nitrogens with one attached hydrogen (secondary N) is 1. The average molecular weight is 341 g/mol. The number of ether oxygens (including phenoxy) is 1.